The predicted molar refractivity (Wildman–Crippen MR) is 56.3 cm³/mol. The first-order chi connectivity index (χ1) is 6.74. The molecule has 14 heavy (non-hydrogen) atoms. The molecule has 7 heteroatoms. The molecule has 0 atom stereocenters. The molecule has 0 N–H and O–H groups in total. The van der Waals surface area contributed by atoms with Crippen LogP contribution in [0.2, 0.25) is 5.15 Å². The molecular weight excluding hydrogens is 246 g/mol. The lowest BCUT2D eigenvalue weighted by molar-refractivity contribution is 1.11. The number of halogens is 3. The van der Waals surface area contributed by atoms with Crippen LogP contribution in [-0.4, -0.2) is 19.5 Å². The SMILES string of the molecule is Cl/C=C(\Cl)n1cnc2c(Cl)ncnc21. The van der Waals surface area contributed by atoms with Crippen LogP contribution in [-0.2, 0) is 0 Å². The molecule has 0 aliphatic rings. The van der Waals surface area contributed by atoms with E-state index in [1.807, 2.05) is 0 Å². The summed E-state index contributed by atoms with van der Waals surface area (Å²) < 4.78 is 1.51. The Labute approximate surface area is 94.1 Å². The van der Waals surface area contributed by atoms with Gasteiger partial charge in [0.2, 0.25) is 0 Å². The molecule has 0 aliphatic heterocycles. The van der Waals surface area contributed by atoms with Gasteiger partial charge in [-0.1, -0.05) is 34.8 Å². The average molecular weight is 249 g/mol. The molecule has 0 spiro atoms. The van der Waals surface area contributed by atoms with E-state index >= 15 is 0 Å². The molecule has 0 unspecified atom stereocenters. The maximum Gasteiger partial charge on any atom is 0.170 e. The lowest BCUT2D eigenvalue weighted by Crippen LogP contribution is -1.91. The van der Waals surface area contributed by atoms with Gasteiger partial charge in [-0.2, -0.15) is 0 Å². The molecule has 2 aromatic rings. The fourth-order valence-electron chi connectivity index (χ4n) is 1.02. The molecule has 2 heterocycles. The smallest absolute Gasteiger partial charge is 0.170 e. The highest BCUT2D eigenvalue weighted by Crippen LogP contribution is 2.21. The van der Waals surface area contributed by atoms with Crippen LogP contribution in [0.15, 0.2) is 18.2 Å². The van der Waals surface area contributed by atoms with Crippen molar-refractivity contribution in [2.24, 2.45) is 0 Å². The Morgan fingerprint density at radius 2 is 2.14 bits per heavy atom. The summed E-state index contributed by atoms with van der Waals surface area (Å²) in [5.41, 5.74) is 2.23. The third kappa shape index (κ3) is 1.45. The van der Waals surface area contributed by atoms with Crippen molar-refractivity contribution in [3.05, 3.63) is 23.3 Å². The van der Waals surface area contributed by atoms with Crippen LogP contribution in [0.1, 0.15) is 0 Å². The molecule has 0 aromatic carbocycles. The normalized spacial score (nSPS) is 12.4. The summed E-state index contributed by atoms with van der Waals surface area (Å²) in [5, 5.41) is 0.580. The van der Waals surface area contributed by atoms with Crippen LogP contribution >= 0.6 is 34.8 Å². The number of hydrogen-bond donors (Lipinski definition) is 0. The van der Waals surface area contributed by atoms with Crippen LogP contribution in [0, 0.1) is 0 Å². The van der Waals surface area contributed by atoms with Crippen molar-refractivity contribution in [2.45, 2.75) is 0 Å². The molecule has 0 saturated heterocycles. The van der Waals surface area contributed by atoms with E-state index in [-0.39, 0.29) is 5.15 Å². The van der Waals surface area contributed by atoms with E-state index in [0.717, 1.165) is 0 Å². The van der Waals surface area contributed by atoms with E-state index in [0.29, 0.717) is 16.3 Å². The lowest BCUT2D eigenvalue weighted by Gasteiger charge is -1.98. The van der Waals surface area contributed by atoms with Gasteiger partial charge in [0.25, 0.3) is 0 Å². The third-order valence-electron chi connectivity index (χ3n) is 1.61. The molecule has 2 rings (SSSR count). The standard InChI is InChI=1S/C7H3Cl3N4/c8-1-4(9)14-3-13-5-6(10)11-2-12-7(5)14/h1-3H/b4-1+. The van der Waals surface area contributed by atoms with Crippen molar-refractivity contribution < 1.29 is 0 Å². The van der Waals surface area contributed by atoms with E-state index in [9.17, 15) is 0 Å². The molecule has 0 saturated carbocycles. The van der Waals surface area contributed by atoms with Gasteiger partial charge in [0.1, 0.15) is 23.3 Å². The van der Waals surface area contributed by atoms with Gasteiger partial charge in [-0.3, -0.25) is 4.57 Å². The van der Waals surface area contributed by atoms with Crippen molar-refractivity contribution in [1.82, 2.24) is 19.5 Å². The van der Waals surface area contributed by atoms with Gasteiger partial charge in [-0.05, 0) is 0 Å². The van der Waals surface area contributed by atoms with E-state index in [4.69, 9.17) is 34.8 Å². The number of rotatable bonds is 1. The van der Waals surface area contributed by atoms with E-state index in [1.54, 1.807) is 0 Å². The van der Waals surface area contributed by atoms with E-state index < -0.39 is 0 Å². The minimum absolute atomic E-state index is 0.285. The Morgan fingerprint density at radius 3 is 2.86 bits per heavy atom. The van der Waals surface area contributed by atoms with Crippen LogP contribution in [0.25, 0.3) is 16.3 Å². The monoisotopic (exact) mass is 248 g/mol. The zero-order valence-electron chi connectivity index (χ0n) is 6.65. The first-order valence-corrected chi connectivity index (χ1v) is 4.73. The van der Waals surface area contributed by atoms with Gasteiger partial charge in [0.15, 0.2) is 10.8 Å². The molecule has 0 aliphatic carbocycles. The second kappa shape index (κ2) is 3.73. The molecule has 0 fully saturated rings. The highest BCUT2D eigenvalue weighted by atomic mass is 35.5. The Bertz CT molecular complexity index is 505. The van der Waals surface area contributed by atoms with Crippen molar-refractivity contribution >= 4 is 51.1 Å². The Morgan fingerprint density at radius 1 is 1.36 bits per heavy atom. The number of fused-ring (bicyclic) bond motifs is 1. The zero-order chi connectivity index (χ0) is 10.1. The van der Waals surface area contributed by atoms with Crippen LogP contribution in [0.3, 0.4) is 0 Å². The Kier molecular flexibility index (Phi) is 2.58. The molecule has 72 valence electrons. The summed E-state index contributed by atoms with van der Waals surface area (Å²) in [6, 6.07) is 0. The summed E-state index contributed by atoms with van der Waals surface area (Å²) in [5.74, 6) is 0. The van der Waals surface area contributed by atoms with Crippen LogP contribution < -0.4 is 0 Å². The zero-order valence-corrected chi connectivity index (χ0v) is 8.92. The predicted octanol–water partition coefficient (Wildman–Crippen LogP) is 2.71. The van der Waals surface area contributed by atoms with Gasteiger partial charge in [-0.15, -0.1) is 0 Å². The molecule has 4 nitrogen and oxygen atoms in total. The minimum atomic E-state index is 0.285. The molecular formula is C7H3Cl3N4. The number of aromatic nitrogens is 4. The number of imidazole rings is 1. The van der Waals surface area contributed by atoms with Crippen molar-refractivity contribution in [3.63, 3.8) is 0 Å². The van der Waals surface area contributed by atoms with Gasteiger partial charge in [0.05, 0.1) is 0 Å². The summed E-state index contributed by atoms with van der Waals surface area (Å²) in [7, 11) is 0. The first-order valence-electron chi connectivity index (χ1n) is 3.54. The second-order valence-corrected chi connectivity index (χ2v) is 3.35. The number of nitrogens with zero attached hydrogens (tertiary/aromatic N) is 4. The fraction of sp³-hybridized carbons (Fsp3) is 0. The van der Waals surface area contributed by atoms with Crippen molar-refractivity contribution in [2.75, 3.05) is 0 Å². The maximum atomic E-state index is 5.81. The average Bonchev–Trinajstić information content (AvgIpc) is 2.62. The summed E-state index contributed by atoms with van der Waals surface area (Å²) >= 11 is 17.1. The summed E-state index contributed by atoms with van der Waals surface area (Å²) in [4.78, 5) is 11.8. The van der Waals surface area contributed by atoms with E-state index in [1.165, 1.54) is 22.8 Å². The quantitative estimate of drug-likeness (QED) is 0.730. The van der Waals surface area contributed by atoms with Gasteiger partial charge >= 0.3 is 0 Å². The molecule has 2 aromatic heterocycles. The molecule has 0 amide bonds. The molecule has 0 radical (unpaired) electrons. The molecule has 0 bridgehead atoms. The van der Waals surface area contributed by atoms with Crippen LogP contribution in [0.5, 0.6) is 0 Å². The van der Waals surface area contributed by atoms with Gasteiger partial charge in [0, 0.05) is 5.54 Å². The Balaban J connectivity index is 2.76. The van der Waals surface area contributed by atoms with Crippen LogP contribution in [0.4, 0.5) is 0 Å². The topological polar surface area (TPSA) is 43.6 Å². The summed E-state index contributed by atoms with van der Waals surface area (Å²) in [6.07, 6.45) is 2.81. The lowest BCUT2D eigenvalue weighted by atomic mass is 10.5. The minimum Gasteiger partial charge on any atom is -0.272 e. The summed E-state index contributed by atoms with van der Waals surface area (Å²) in [6.45, 7) is 0. The van der Waals surface area contributed by atoms with Crippen molar-refractivity contribution in [1.29, 1.82) is 0 Å². The highest BCUT2D eigenvalue weighted by molar-refractivity contribution is 6.50. The first kappa shape index (κ1) is 9.71. The van der Waals surface area contributed by atoms with E-state index in [2.05, 4.69) is 15.0 Å². The fourth-order valence-corrected chi connectivity index (χ4v) is 1.42. The van der Waals surface area contributed by atoms with Crippen molar-refractivity contribution in [3.8, 4) is 0 Å². The van der Waals surface area contributed by atoms with Gasteiger partial charge < -0.3 is 0 Å². The number of hydrogen-bond acceptors (Lipinski definition) is 3. The Hall–Kier alpha value is -0.840. The largest absolute Gasteiger partial charge is 0.272 e. The van der Waals surface area contributed by atoms with Gasteiger partial charge in [-0.25, -0.2) is 15.0 Å². The maximum absolute atomic E-state index is 5.81. The second-order valence-electron chi connectivity index (χ2n) is 2.38. The third-order valence-corrected chi connectivity index (χ3v) is 2.50. The highest BCUT2D eigenvalue weighted by Gasteiger charge is 2.09.